The monoisotopic (exact) mass is 453 g/mol. The normalized spacial score (nSPS) is 17.6. The van der Waals surface area contributed by atoms with Gasteiger partial charge in [-0.05, 0) is 13.0 Å². The van der Waals surface area contributed by atoms with Gasteiger partial charge in [-0.25, -0.2) is 4.98 Å². The fourth-order valence-corrected chi connectivity index (χ4v) is 3.97. The van der Waals surface area contributed by atoms with E-state index in [9.17, 15) is 13.2 Å². The van der Waals surface area contributed by atoms with E-state index in [2.05, 4.69) is 15.1 Å². The number of nitrogens with one attached hydrogen (secondary N) is 2. The Morgan fingerprint density at radius 1 is 1.19 bits per heavy atom. The van der Waals surface area contributed by atoms with E-state index in [1.54, 1.807) is 0 Å². The molecule has 0 saturated carbocycles. The predicted molar refractivity (Wildman–Crippen MR) is 109 cm³/mol. The fraction of sp³-hybridized carbons (Fsp3) is 0.381. The van der Waals surface area contributed by atoms with Crippen molar-refractivity contribution in [3.63, 3.8) is 0 Å². The van der Waals surface area contributed by atoms with Crippen molar-refractivity contribution in [3.8, 4) is 11.4 Å². The van der Waals surface area contributed by atoms with Gasteiger partial charge in [0.15, 0.2) is 6.54 Å². The van der Waals surface area contributed by atoms with Crippen LogP contribution in [0.4, 0.5) is 19.0 Å². The van der Waals surface area contributed by atoms with E-state index in [1.807, 2.05) is 36.1 Å². The molecule has 0 amide bonds. The molecule has 164 valence electrons. The second kappa shape index (κ2) is 8.84. The Kier molecular flexibility index (Phi) is 6.15. The number of anilines is 1. The summed E-state index contributed by atoms with van der Waals surface area (Å²) in [6.45, 7) is 5.62. The minimum atomic E-state index is -4.43. The maximum Gasteiger partial charge on any atom is 0.419 e. The summed E-state index contributed by atoms with van der Waals surface area (Å²) in [5.74, 6) is 1.64. The minimum absolute atomic E-state index is 0.0675. The third-order valence-corrected chi connectivity index (χ3v) is 5.68. The zero-order valence-electron chi connectivity index (χ0n) is 17.0. The third-order valence-electron chi connectivity index (χ3n) is 5.39. The molecule has 4 rings (SSSR count). The summed E-state index contributed by atoms with van der Waals surface area (Å²) in [5.41, 5.74) is 1.28. The first-order valence-corrected chi connectivity index (χ1v) is 10.4. The molecule has 3 aromatic rings. The van der Waals surface area contributed by atoms with Gasteiger partial charge >= 0.3 is 6.18 Å². The lowest BCUT2D eigenvalue weighted by molar-refractivity contribution is -0.912. The molecule has 1 aliphatic heterocycles. The maximum atomic E-state index is 12.9. The maximum absolute atomic E-state index is 12.9. The van der Waals surface area contributed by atoms with E-state index in [0.29, 0.717) is 37.2 Å². The number of pyridine rings is 1. The molecule has 1 aliphatic rings. The number of rotatable bonds is 4. The predicted octanol–water partition coefficient (Wildman–Crippen LogP) is 2.83. The number of hydrogen-bond donors (Lipinski definition) is 1. The first kappa shape index (κ1) is 21.6. The summed E-state index contributed by atoms with van der Waals surface area (Å²) in [4.78, 5) is 10.5. The van der Waals surface area contributed by atoms with Crippen molar-refractivity contribution >= 4 is 17.4 Å². The highest BCUT2D eigenvalue weighted by Gasteiger charge is 2.34. The van der Waals surface area contributed by atoms with Crippen LogP contribution in [-0.2, 0) is 12.7 Å². The van der Waals surface area contributed by atoms with Crippen molar-refractivity contribution in [2.45, 2.75) is 26.1 Å². The molecule has 2 N–H and O–H groups in total. The molecular formula is C21H23ClF3N5O+2. The van der Waals surface area contributed by atoms with Crippen molar-refractivity contribution in [3.05, 3.63) is 58.6 Å². The highest BCUT2D eigenvalue weighted by Crippen LogP contribution is 2.32. The second-order valence-electron chi connectivity index (χ2n) is 7.73. The molecule has 3 heterocycles. The van der Waals surface area contributed by atoms with Crippen LogP contribution in [0.1, 0.15) is 23.4 Å². The minimum Gasteiger partial charge on any atom is -0.333 e. The van der Waals surface area contributed by atoms with Crippen molar-refractivity contribution in [1.29, 1.82) is 0 Å². The summed E-state index contributed by atoms with van der Waals surface area (Å²) >= 11 is 6.15. The zero-order valence-corrected chi connectivity index (χ0v) is 17.7. The van der Waals surface area contributed by atoms with Crippen LogP contribution in [0.2, 0.25) is 5.02 Å². The van der Waals surface area contributed by atoms with E-state index in [-0.39, 0.29) is 5.02 Å². The number of aromatic nitrogens is 3. The summed E-state index contributed by atoms with van der Waals surface area (Å²) < 4.78 is 44.1. The summed E-state index contributed by atoms with van der Waals surface area (Å²) in [7, 11) is 0. The SMILES string of the molecule is Cc1ccc(-c2noc(C[NH+]3CCCN(c4[nH+]cc(C(F)(F)F)cc4Cl)CC3)n2)cc1. The van der Waals surface area contributed by atoms with Crippen molar-refractivity contribution in [2.24, 2.45) is 0 Å². The number of aryl methyl sites for hydroxylation is 1. The van der Waals surface area contributed by atoms with Crippen LogP contribution in [0.25, 0.3) is 11.4 Å². The number of hydrogen-bond acceptors (Lipinski definition) is 4. The molecule has 0 aliphatic carbocycles. The van der Waals surface area contributed by atoms with Gasteiger partial charge in [0.1, 0.15) is 24.3 Å². The zero-order chi connectivity index (χ0) is 22.0. The number of halogens is 4. The lowest BCUT2D eigenvalue weighted by atomic mass is 10.1. The van der Waals surface area contributed by atoms with E-state index in [4.69, 9.17) is 16.1 Å². The first-order valence-electron chi connectivity index (χ1n) is 10.1. The first-order chi connectivity index (χ1) is 14.8. The number of alkyl halides is 3. The topological polar surface area (TPSA) is 60.7 Å². The Balaban J connectivity index is 1.39. The highest BCUT2D eigenvalue weighted by atomic mass is 35.5. The second-order valence-corrected chi connectivity index (χ2v) is 8.13. The Labute approximate surface area is 182 Å². The number of benzene rings is 1. The Hall–Kier alpha value is -2.65. The van der Waals surface area contributed by atoms with Crippen molar-refractivity contribution in [1.82, 2.24) is 10.1 Å². The van der Waals surface area contributed by atoms with Gasteiger partial charge in [0, 0.05) is 12.0 Å². The van der Waals surface area contributed by atoms with Gasteiger partial charge in [-0.1, -0.05) is 46.6 Å². The smallest absolute Gasteiger partial charge is 0.333 e. The number of quaternary nitrogens is 1. The molecule has 2 aromatic heterocycles. The molecule has 6 nitrogen and oxygen atoms in total. The Morgan fingerprint density at radius 3 is 2.68 bits per heavy atom. The van der Waals surface area contributed by atoms with Crippen LogP contribution in [0.5, 0.6) is 0 Å². The Morgan fingerprint density at radius 2 is 1.97 bits per heavy atom. The van der Waals surface area contributed by atoms with Crippen LogP contribution in [0, 0.1) is 6.92 Å². The van der Waals surface area contributed by atoms with E-state index in [1.165, 1.54) is 4.90 Å². The van der Waals surface area contributed by atoms with Crippen LogP contribution < -0.4 is 14.8 Å². The average Bonchev–Trinajstić information content (AvgIpc) is 3.06. The van der Waals surface area contributed by atoms with Crippen molar-refractivity contribution in [2.75, 3.05) is 31.1 Å². The van der Waals surface area contributed by atoms with E-state index >= 15 is 0 Å². The average molecular weight is 454 g/mol. The third kappa shape index (κ3) is 5.16. The molecule has 1 aromatic carbocycles. The lowest BCUT2D eigenvalue weighted by Gasteiger charge is -2.16. The van der Waals surface area contributed by atoms with Gasteiger partial charge in [0.05, 0.1) is 18.7 Å². The van der Waals surface area contributed by atoms with Gasteiger partial charge in [0.2, 0.25) is 5.82 Å². The van der Waals surface area contributed by atoms with Gasteiger partial charge in [-0.3, -0.25) is 4.90 Å². The molecule has 31 heavy (non-hydrogen) atoms. The number of aromatic amines is 1. The molecule has 10 heteroatoms. The summed E-state index contributed by atoms with van der Waals surface area (Å²) in [6, 6.07) is 8.90. The molecule has 0 radical (unpaired) electrons. The quantitative estimate of drug-likeness (QED) is 0.660. The fourth-order valence-electron chi connectivity index (χ4n) is 3.68. The Bertz CT molecular complexity index is 1040. The molecular weight excluding hydrogens is 431 g/mol. The van der Waals surface area contributed by atoms with E-state index < -0.39 is 11.7 Å². The van der Waals surface area contributed by atoms with Gasteiger partial charge in [-0.2, -0.15) is 18.2 Å². The highest BCUT2D eigenvalue weighted by molar-refractivity contribution is 6.32. The summed E-state index contributed by atoms with van der Waals surface area (Å²) in [5, 5.41) is 4.15. The van der Waals surface area contributed by atoms with E-state index in [0.717, 1.165) is 42.9 Å². The lowest BCUT2D eigenvalue weighted by Crippen LogP contribution is -3.11. The molecule has 1 saturated heterocycles. The van der Waals surface area contributed by atoms with Crippen LogP contribution in [-0.4, -0.2) is 36.3 Å². The van der Waals surface area contributed by atoms with Crippen LogP contribution >= 0.6 is 11.6 Å². The molecule has 0 spiro atoms. The van der Waals surface area contributed by atoms with Gasteiger partial charge in [-0.15, -0.1) is 0 Å². The molecule has 0 bridgehead atoms. The van der Waals surface area contributed by atoms with Crippen LogP contribution in [0.15, 0.2) is 41.1 Å². The number of H-pyrrole nitrogens is 1. The summed E-state index contributed by atoms with van der Waals surface area (Å²) in [6.07, 6.45) is -2.61. The molecule has 1 unspecified atom stereocenters. The van der Waals surface area contributed by atoms with Crippen molar-refractivity contribution < 1.29 is 27.6 Å². The van der Waals surface area contributed by atoms with Gasteiger partial charge < -0.3 is 9.42 Å². The largest absolute Gasteiger partial charge is 0.419 e. The molecule has 1 fully saturated rings. The van der Waals surface area contributed by atoms with Gasteiger partial charge in [0.25, 0.3) is 11.7 Å². The molecule has 1 atom stereocenters. The number of nitrogens with zero attached hydrogens (tertiary/aromatic N) is 3. The standard InChI is InChI=1S/C21H21ClF3N5O/c1-14-3-5-15(6-4-14)19-27-18(31-28-19)13-29-7-2-8-30(10-9-29)20-17(22)11-16(12-26-20)21(23,24)25/h3-6,11-12H,2,7-10,13H2,1H3/p+2. The van der Waals surface area contributed by atoms with Crippen LogP contribution in [0.3, 0.4) is 0 Å².